The first-order valence-electron chi connectivity index (χ1n) is 4.71. The van der Waals surface area contributed by atoms with Crippen molar-refractivity contribution >= 4 is 15.9 Å². The third-order valence-corrected chi connectivity index (χ3v) is 2.83. The van der Waals surface area contributed by atoms with Crippen molar-refractivity contribution in [2.24, 2.45) is 0 Å². The lowest BCUT2D eigenvalue weighted by Gasteiger charge is -2.08. The number of hydrogen-bond acceptors (Lipinski definition) is 1. The highest BCUT2D eigenvalue weighted by Crippen LogP contribution is 2.16. The molecule has 1 unspecified atom stereocenters. The molecule has 4 heteroatoms. The molecule has 1 atom stereocenters. The largest absolute Gasteiger partial charge is 0.384 e. The maximum atomic E-state index is 13.2. The van der Waals surface area contributed by atoms with Gasteiger partial charge in [-0.1, -0.05) is 28.1 Å². The van der Waals surface area contributed by atoms with Crippen LogP contribution >= 0.6 is 15.9 Å². The molecule has 1 nitrogen and oxygen atoms in total. The molecule has 0 radical (unpaired) electrons. The minimum atomic E-state index is -0.787. The number of benzene rings is 1. The van der Waals surface area contributed by atoms with Gasteiger partial charge in [0, 0.05) is 11.9 Å². The van der Waals surface area contributed by atoms with E-state index in [1.807, 2.05) is 0 Å². The topological polar surface area (TPSA) is 9.23 Å². The monoisotopic (exact) mass is 278 g/mol. The number of methoxy groups -OCH3 is 1. The molecule has 15 heavy (non-hydrogen) atoms. The molecular formula is C11H13BrF2O. The summed E-state index contributed by atoms with van der Waals surface area (Å²) in [5.74, 6) is -1.53. The van der Waals surface area contributed by atoms with Crippen LogP contribution in [0, 0.1) is 11.6 Å². The Morgan fingerprint density at radius 3 is 2.80 bits per heavy atom. The number of aryl methyl sites for hydroxylation is 1. The lowest BCUT2D eigenvalue weighted by atomic mass is 10.1. The Morgan fingerprint density at radius 2 is 2.13 bits per heavy atom. The Balaban J connectivity index is 2.54. The lowest BCUT2D eigenvalue weighted by Crippen LogP contribution is -2.08. The maximum absolute atomic E-state index is 13.2. The molecule has 0 aromatic heterocycles. The zero-order valence-corrected chi connectivity index (χ0v) is 10.1. The summed E-state index contributed by atoms with van der Waals surface area (Å²) >= 11 is 3.40. The fraction of sp³-hybridized carbons (Fsp3) is 0.455. The summed E-state index contributed by atoms with van der Waals surface area (Å²) in [6.45, 7) is 0.566. The van der Waals surface area contributed by atoms with Crippen LogP contribution in [0.3, 0.4) is 0 Å². The normalized spacial score (nSPS) is 12.8. The molecule has 0 saturated heterocycles. The maximum Gasteiger partial charge on any atom is 0.162 e. The summed E-state index contributed by atoms with van der Waals surface area (Å²) in [4.78, 5) is 0.171. The molecule has 84 valence electrons. The van der Waals surface area contributed by atoms with E-state index < -0.39 is 11.6 Å². The van der Waals surface area contributed by atoms with Gasteiger partial charge in [-0.15, -0.1) is 0 Å². The van der Waals surface area contributed by atoms with Crippen molar-refractivity contribution in [2.75, 3.05) is 13.7 Å². The number of hydrogen-bond donors (Lipinski definition) is 0. The summed E-state index contributed by atoms with van der Waals surface area (Å²) in [5.41, 5.74) is 0.413. The van der Waals surface area contributed by atoms with E-state index in [0.717, 1.165) is 6.07 Å². The Bertz CT molecular complexity index is 317. The first-order chi connectivity index (χ1) is 7.15. The van der Waals surface area contributed by atoms with E-state index in [2.05, 4.69) is 15.9 Å². The molecule has 1 rings (SSSR count). The third kappa shape index (κ3) is 3.87. The molecule has 0 aliphatic rings. The summed E-state index contributed by atoms with van der Waals surface area (Å²) < 4.78 is 31.0. The van der Waals surface area contributed by atoms with Gasteiger partial charge in [-0.2, -0.15) is 0 Å². The molecule has 0 amide bonds. The number of rotatable bonds is 5. The van der Waals surface area contributed by atoms with Gasteiger partial charge in [-0.25, -0.2) is 8.78 Å². The molecule has 0 aliphatic heterocycles. The molecule has 0 heterocycles. The summed E-state index contributed by atoms with van der Waals surface area (Å²) in [5, 5.41) is 0. The van der Waals surface area contributed by atoms with Crippen LogP contribution in [0.4, 0.5) is 8.78 Å². The van der Waals surface area contributed by atoms with E-state index in [9.17, 15) is 8.78 Å². The number of halogens is 3. The van der Waals surface area contributed by atoms with E-state index >= 15 is 0 Å². The van der Waals surface area contributed by atoms with Crippen molar-refractivity contribution < 1.29 is 13.5 Å². The summed E-state index contributed by atoms with van der Waals surface area (Å²) in [6.07, 6.45) is 1.22. The number of alkyl halides is 1. The van der Waals surface area contributed by atoms with Crippen molar-refractivity contribution in [3.05, 3.63) is 35.4 Å². The average Bonchev–Trinajstić information content (AvgIpc) is 2.21. The molecule has 0 saturated carbocycles. The van der Waals surface area contributed by atoms with Crippen LogP contribution in [-0.4, -0.2) is 18.5 Å². The minimum absolute atomic E-state index is 0.171. The summed E-state index contributed by atoms with van der Waals surface area (Å²) in [7, 11) is 1.61. The smallest absolute Gasteiger partial charge is 0.162 e. The van der Waals surface area contributed by atoms with E-state index in [0.29, 0.717) is 25.0 Å². The zero-order chi connectivity index (χ0) is 11.3. The highest BCUT2D eigenvalue weighted by molar-refractivity contribution is 9.09. The predicted molar refractivity (Wildman–Crippen MR) is 59.3 cm³/mol. The number of ether oxygens (including phenoxy) is 1. The van der Waals surface area contributed by atoms with Crippen LogP contribution in [0.1, 0.15) is 12.0 Å². The second-order valence-electron chi connectivity index (χ2n) is 3.30. The van der Waals surface area contributed by atoms with Crippen molar-refractivity contribution in [1.82, 2.24) is 0 Å². The second-order valence-corrected chi connectivity index (χ2v) is 4.60. The highest BCUT2D eigenvalue weighted by Gasteiger charge is 2.09. The van der Waals surface area contributed by atoms with Crippen molar-refractivity contribution in [3.63, 3.8) is 0 Å². The zero-order valence-electron chi connectivity index (χ0n) is 8.47. The molecule has 0 fully saturated rings. The van der Waals surface area contributed by atoms with E-state index in [4.69, 9.17) is 4.74 Å². The Labute approximate surface area is 96.6 Å². The minimum Gasteiger partial charge on any atom is -0.384 e. The molecule has 0 spiro atoms. The van der Waals surface area contributed by atoms with Gasteiger partial charge in [-0.05, 0) is 24.5 Å². The molecule has 1 aromatic rings. The average molecular weight is 279 g/mol. The van der Waals surface area contributed by atoms with Gasteiger partial charge in [-0.3, -0.25) is 0 Å². The SMILES string of the molecule is COCC(Br)CCc1cccc(F)c1F. The summed E-state index contributed by atoms with van der Waals surface area (Å²) in [6, 6.07) is 4.25. The fourth-order valence-electron chi connectivity index (χ4n) is 1.32. The van der Waals surface area contributed by atoms with E-state index in [-0.39, 0.29) is 4.83 Å². The Morgan fingerprint density at radius 1 is 1.40 bits per heavy atom. The van der Waals surface area contributed by atoms with E-state index in [1.165, 1.54) is 6.07 Å². The second kappa shape index (κ2) is 6.18. The Kier molecular flexibility index (Phi) is 5.19. The van der Waals surface area contributed by atoms with Gasteiger partial charge in [0.1, 0.15) is 0 Å². The van der Waals surface area contributed by atoms with Crippen LogP contribution in [0.25, 0.3) is 0 Å². The molecular weight excluding hydrogens is 266 g/mol. The quantitative estimate of drug-likeness (QED) is 0.751. The van der Waals surface area contributed by atoms with Gasteiger partial charge in [0.15, 0.2) is 11.6 Å². The van der Waals surface area contributed by atoms with Crippen LogP contribution in [0.15, 0.2) is 18.2 Å². The van der Waals surface area contributed by atoms with Gasteiger partial charge in [0.25, 0.3) is 0 Å². The molecule has 0 aliphatic carbocycles. The van der Waals surface area contributed by atoms with Crippen LogP contribution < -0.4 is 0 Å². The van der Waals surface area contributed by atoms with Crippen LogP contribution in [0.2, 0.25) is 0 Å². The first kappa shape index (κ1) is 12.6. The van der Waals surface area contributed by atoms with Crippen molar-refractivity contribution in [1.29, 1.82) is 0 Å². The first-order valence-corrected chi connectivity index (χ1v) is 5.62. The molecule has 0 bridgehead atoms. The lowest BCUT2D eigenvalue weighted by molar-refractivity contribution is 0.198. The van der Waals surface area contributed by atoms with Crippen LogP contribution in [-0.2, 0) is 11.2 Å². The van der Waals surface area contributed by atoms with Gasteiger partial charge in [0.05, 0.1) is 6.61 Å². The highest BCUT2D eigenvalue weighted by atomic mass is 79.9. The molecule has 1 aromatic carbocycles. The van der Waals surface area contributed by atoms with Crippen molar-refractivity contribution in [3.8, 4) is 0 Å². The predicted octanol–water partition coefficient (Wildman–Crippen LogP) is 3.31. The third-order valence-electron chi connectivity index (χ3n) is 2.11. The van der Waals surface area contributed by atoms with E-state index in [1.54, 1.807) is 13.2 Å². The standard InChI is InChI=1S/C11H13BrF2O/c1-15-7-9(12)6-5-8-3-2-4-10(13)11(8)14/h2-4,9H,5-7H2,1H3. The van der Waals surface area contributed by atoms with Gasteiger partial charge >= 0.3 is 0 Å². The fourth-order valence-corrected chi connectivity index (χ4v) is 1.81. The van der Waals surface area contributed by atoms with Crippen molar-refractivity contribution in [2.45, 2.75) is 17.7 Å². The Hall–Kier alpha value is -0.480. The molecule has 0 N–H and O–H groups in total. The van der Waals surface area contributed by atoms with Crippen LogP contribution in [0.5, 0.6) is 0 Å². The van der Waals surface area contributed by atoms with Gasteiger partial charge < -0.3 is 4.74 Å². The van der Waals surface area contributed by atoms with Gasteiger partial charge in [0.2, 0.25) is 0 Å².